The third-order valence-electron chi connectivity index (χ3n) is 2.50. The predicted molar refractivity (Wildman–Crippen MR) is 69.6 cm³/mol. The minimum Gasteiger partial charge on any atom is -0.477 e. The van der Waals surface area contributed by atoms with Crippen molar-refractivity contribution in [2.45, 2.75) is 6.92 Å². The maximum atomic E-state index is 13.5. The van der Waals surface area contributed by atoms with E-state index in [4.69, 9.17) is 21.4 Å². The van der Waals surface area contributed by atoms with Gasteiger partial charge in [-0.2, -0.15) is 0 Å². The molecule has 0 atom stereocenters. The summed E-state index contributed by atoms with van der Waals surface area (Å²) in [5.74, 6) is -2.05. The average molecular weight is 281 g/mol. The van der Waals surface area contributed by atoms with E-state index in [1.165, 1.54) is 12.1 Å². The van der Waals surface area contributed by atoms with E-state index in [-0.39, 0.29) is 11.5 Å². The standard InChI is InChI=1S/C14H10ClFO3/c1-8-5-6-11(9(15)7-8)19-12-4-2-3-10(16)13(12)14(17)18/h2-7H,1H3,(H,17,18). The van der Waals surface area contributed by atoms with Gasteiger partial charge in [0, 0.05) is 0 Å². The molecule has 0 aliphatic carbocycles. The molecule has 0 radical (unpaired) electrons. The summed E-state index contributed by atoms with van der Waals surface area (Å²) in [5, 5.41) is 9.32. The molecular weight excluding hydrogens is 271 g/mol. The van der Waals surface area contributed by atoms with Gasteiger partial charge in [0.25, 0.3) is 0 Å². The van der Waals surface area contributed by atoms with E-state index in [0.717, 1.165) is 11.6 Å². The first kappa shape index (κ1) is 13.4. The molecule has 5 heteroatoms. The summed E-state index contributed by atoms with van der Waals surface area (Å²) in [7, 11) is 0. The fourth-order valence-electron chi connectivity index (χ4n) is 1.60. The fraction of sp³-hybridized carbons (Fsp3) is 0.0714. The zero-order valence-corrected chi connectivity index (χ0v) is 10.7. The number of carboxylic acids is 1. The summed E-state index contributed by atoms with van der Waals surface area (Å²) in [6.45, 7) is 1.86. The lowest BCUT2D eigenvalue weighted by atomic mass is 10.2. The minimum atomic E-state index is -1.39. The molecule has 0 aromatic heterocycles. The Morgan fingerprint density at radius 1 is 1.26 bits per heavy atom. The van der Waals surface area contributed by atoms with Crippen LogP contribution in [0, 0.1) is 12.7 Å². The molecule has 0 aliphatic heterocycles. The monoisotopic (exact) mass is 280 g/mol. The third-order valence-corrected chi connectivity index (χ3v) is 2.79. The number of aryl methyl sites for hydroxylation is 1. The molecule has 1 N–H and O–H groups in total. The van der Waals surface area contributed by atoms with Crippen LogP contribution < -0.4 is 4.74 Å². The highest BCUT2D eigenvalue weighted by Crippen LogP contribution is 2.32. The van der Waals surface area contributed by atoms with Crippen molar-refractivity contribution >= 4 is 17.6 Å². The first-order valence-electron chi connectivity index (χ1n) is 5.45. The number of halogens is 2. The molecule has 0 amide bonds. The van der Waals surface area contributed by atoms with E-state index in [1.54, 1.807) is 18.2 Å². The molecule has 2 rings (SSSR count). The van der Waals surface area contributed by atoms with Gasteiger partial charge in [0.15, 0.2) is 0 Å². The molecule has 19 heavy (non-hydrogen) atoms. The molecule has 0 spiro atoms. The van der Waals surface area contributed by atoms with Crippen molar-refractivity contribution in [2.75, 3.05) is 0 Å². The Balaban J connectivity index is 2.44. The molecule has 0 fully saturated rings. The summed E-state index contributed by atoms with van der Waals surface area (Å²) in [6, 6.07) is 8.86. The van der Waals surface area contributed by atoms with Crippen molar-refractivity contribution in [3.63, 3.8) is 0 Å². The number of ether oxygens (including phenoxy) is 1. The number of hydrogen-bond acceptors (Lipinski definition) is 2. The highest BCUT2D eigenvalue weighted by atomic mass is 35.5. The Morgan fingerprint density at radius 3 is 2.63 bits per heavy atom. The van der Waals surface area contributed by atoms with Crippen LogP contribution >= 0.6 is 11.6 Å². The van der Waals surface area contributed by atoms with Crippen LogP contribution in [-0.4, -0.2) is 11.1 Å². The molecule has 0 saturated carbocycles. The van der Waals surface area contributed by atoms with Gasteiger partial charge in [-0.15, -0.1) is 0 Å². The molecule has 98 valence electrons. The Kier molecular flexibility index (Phi) is 3.71. The summed E-state index contributed by atoms with van der Waals surface area (Å²) in [5.41, 5.74) is 0.425. The summed E-state index contributed by atoms with van der Waals surface area (Å²) in [4.78, 5) is 11.0. The van der Waals surface area contributed by atoms with Gasteiger partial charge < -0.3 is 9.84 Å². The molecule has 0 heterocycles. The lowest BCUT2D eigenvalue weighted by molar-refractivity contribution is 0.0689. The average Bonchev–Trinajstić information content (AvgIpc) is 2.32. The second-order valence-electron chi connectivity index (χ2n) is 3.95. The highest BCUT2D eigenvalue weighted by Gasteiger charge is 2.18. The van der Waals surface area contributed by atoms with Gasteiger partial charge in [0.2, 0.25) is 0 Å². The van der Waals surface area contributed by atoms with E-state index >= 15 is 0 Å². The van der Waals surface area contributed by atoms with Crippen molar-refractivity contribution in [3.05, 3.63) is 58.4 Å². The molecule has 0 bridgehead atoms. The van der Waals surface area contributed by atoms with Gasteiger partial charge in [-0.3, -0.25) is 0 Å². The molecule has 0 aliphatic rings. The maximum absolute atomic E-state index is 13.5. The van der Waals surface area contributed by atoms with Crippen molar-refractivity contribution in [2.24, 2.45) is 0 Å². The summed E-state index contributed by atoms with van der Waals surface area (Å²) in [6.07, 6.45) is 0. The number of aromatic carboxylic acids is 1. The van der Waals surface area contributed by atoms with Crippen molar-refractivity contribution in [3.8, 4) is 11.5 Å². The van der Waals surface area contributed by atoms with E-state index in [2.05, 4.69) is 0 Å². The lowest BCUT2D eigenvalue weighted by Gasteiger charge is -2.10. The molecule has 2 aromatic carbocycles. The fourth-order valence-corrected chi connectivity index (χ4v) is 1.88. The maximum Gasteiger partial charge on any atom is 0.342 e. The molecule has 3 nitrogen and oxygen atoms in total. The van der Waals surface area contributed by atoms with Crippen LogP contribution in [0.1, 0.15) is 15.9 Å². The van der Waals surface area contributed by atoms with E-state index in [0.29, 0.717) is 5.02 Å². The SMILES string of the molecule is Cc1ccc(Oc2cccc(F)c2C(=O)O)c(Cl)c1. The second kappa shape index (κ2) is 5.28. The zero-order valence-electron chi connectivity index (χ0n) is 9.98. The van der Waals surface area contributed by atoms with Crippen LogP contribution in [0.25, 0.3) is 0 Å². The van der Waals surface area contributed by atoms with Crippen LogP contribution in [0.2, 0.25) is 5.02 Å². The predicted octanol–water partition coefficient (Wildman–Crippen LogP) is 4.28. The quantitative estimate of drug-likeness (QED) is 0.913. The molecule has 2 aromatic rings. The molecular formula is C14H10ClFO3. The Labute approximate surface area is 114 Å². The third kappa shape index (κ3) is 2.85. The van der Waals surface area contributed by atoms with E-state index in [1.807, 2.05) is 6.92 Å². The van der Waals surface area contributed by atoms with Gasteiger partial charge in [-0.05, 0) is 36.8 Å². The van der Waals surface area contributed by atoms with Crippen LogP contribution in [-0.2, 0) is 0 Å². The largest absolute Gasteiger partial charge is 0.477 e. The van der Waals surface area contributed by atoms with Crippen LogP contribution in [0.15, 0.2) is 36.4 Å². The zero-order chi connectivity index (χ0) is 14.0. The molecule has 0 saturated heterocycles. The number of carbonyl (C=O) groups is 1. The molecule has 0 unspecified atom stereocenters. The van der Waals surface area contributed by atoms with Crippen LogP contribution in [0.5, 0.6) is 11.5 Å². The van der Waals surface area contributed by atoms with Crippen molar-refractivity contribution < 1.29 is 19.0 Å². The van der Waals surface area contributed by atoms with Crippen molar-refractivity contribution in [1.82, 2.24) is 0 Å². The normalized spacial score (nSPS) is 10.3. The summed E-state index contributed by atoms with van der Waals surface area (Å²) < 4.78 is 18.9. The minimum absolute atomic E-state index is 0.0850. The number of rotatable bonds is 3. The number of benzene rings is 2. The Morgan fingerprint density at radius 2 is 2.00 bits per heavy atom. The van der Waals surface area contributed by atoms with Crippen LogP contribution in [0.4, 0.5) is 4.39 Å². The first-order chi connectivity index (χ1) is 8.99. The topological polar surface area (TPSA) is 46.5 Å². The first-order valence-corrected chi connectivity index (χ1v) is 5.82. The van der Waals surface area contributed by atoms with Gasteiger partial charge >= 0.3 is 5.97 Å². The lowest BCUT2D eigenvalue weighted by Crippen LogP contribution is -2.03. The Bertz CT molecular complexity index is 641. The van der Waals surface area contributed by atoms with Gasteiger partial charge in [-0.25, -0.2) is 9.18 Å². The van der Waals surface area contributed by atoms with E-state index in [9.17, 15) is 9.18 Å². The number of hydrogen-bond donors (Lipinski definition) is 1. The van der Waals surface area contributed by atoms with Gasteiger partial charge in [0.1, 0.15) is 22.9 Å². The smallest absolute Gasteiger partial charge is 0.342 e. The Hall–Kier alpha value is -2.07. The summed E-state index contributed by atoms with van der Waals surface area (Å²) >= 11 is 5.98. The van der Waals surface area contributed by atoms with Gasteiger partial charge in [-0.1, -0.05) is 23.7 Å². The van der Waals surface area contributed by atoms with Crippen molar-refractivity contribution in [1.29, 1.82) is 0 Å². The van der Waals surface area contributed by atoms with Crippen LogP contribution in [0.3, 0.4) is 0 Å². The highest BCUT2D eigenvalue weighted by molar-refractivity contribution is 6.32. The van der Waals surface area contributed by atoms with Gasteiger partial charge in [0.05, 0.1) is 5.02 Å². The second-order valence-corrected chi connectivity index (χ2v) is 4.36. The number of carboxylic acid groups (broad SMARTS) is 1. The van der Waals surface area contributed by atoms with E-state index < -0.39 is 17.3 Å².